The lowest BCUT2D eigenvalue weighted by Crippen LogP contribution is -2.57. The van der Waals surface area contributed by atoms with Gasteiger partial charge >= 0.3 is 0 Å². The van der Waals surface area contributed by atoms with Crippen LogP contribution in [0.15, 0.2) is 42.5 Å². The summed E-state index contributed by atoms with van der Waals surface area (Å²) in [5, 5.41) is 12.2. The van der Waals surface area contributed by atoms with Gasteiger partial charge in [-0.1, -0.05) is 18.6 Å². The van der Waals surface area contributed by atoms with Crippen LogP contribution >= 0.6 is 0 Å². The van der Waals surface area contributed by atoms with E-state index in [1.54, 1.807) is 17.0 Å². The fraction of sp³-hybridized carbons (Fsp3) is 0.464. The summed E-state index contributed by atoms with van der Waals surface area (Å²) in [6.45, 7) is 2.28. The topological polar surface area (TPSA) is 99.2 Å². The quantitative estimate of drug-likeness (QED) is 0.627. The summed E-state index contributed by atoms with van der Waals surface area (Å²) in [7, 11) is 0. The first-order chi connectivity index (χ1) is 17.5. The number of phenolic OH excluding ortho intramolecular Hbond substituents is 1. The van der Waals surface area contributed by atoms with Gasteiger partial charge in [0.2, 0.25) is 11.8 Å². The number of nitrogens with one attached hydrogen (secondary N) is 1. The summed E-state index contributed by atoms with van der Waals surface area (Å²) < 4.78 is 6.53. The maximum atomic E-state index is 13.0. The van der Waals surface area contributed by atoms with E-state index in [2.05, 4.69) is 16.3 Å². The molecule has 1 aliphatic carbocycles. The number of ether oxygens (including phenoxy) is 1. The van der Waals surface area contributed by atoms with E-state index in [-0.39, 0.29) is 24.3 Å². The molecule has 0 aromatic heterocycles. The first-order valence-electron chi connectivity index (χ1n) is 12.9. The van der Waals surface area contributed by atoms with E-state index in [0.29, 0.717) is 36.2 Å². The van der Waals surface area contributed by atoms with Crippen molar-refractivity contribution in [3.63, 3.8) is 0 Å². The highest BCUT2D eigenvalue weighted by molar-refractivity contribution is 6.05. The minimum absolute atomic E-state index is 0.0882. The lowest BCUT2D eigenvalue weighted by atomic mass is 9.84. The van der Waals surface area contributed by atoms with Crippen LogP contribution in [0.2, 0.25) is 0 Å². The lowest BCUT2D eigenvalue weighted by Gasteiger charge is -2.48. The minimum Gasteiger partial charge on any atom is -0.508 e. The highest BCUT2D eigenvalue weighted by Gasteiger charge is 2.41. The molecule has 1 unspecified atom stereocenters. The summed E-state index contributed by atoms with van der Waals surface area (Å²) in [6, 6.07) is 12.9. The van der Waals surface area contributed by atoms with Crippen LogP contribution in [0.3, 0.4) is 0 Å². The fourth-order valence-corrected chi connectivity index (χ4v) is 6.20. The summed E-state index contributed by atoms with van der Waals surface area (Å²) >= 11 is 0. The second-order valence-corrected chi connectivity index (χ2v) is 10.5. The minimum atomic E-state index is -0.611. The van der Waals surface area contributed by atoms with Crippen LogP contribution in [0.25, 0.3) is 0 Å². The number of carbonyl (C=O) groups excluding carboxylic acids is 3. The van der Waals surface area contributed by atoms with Crippen LogP contribution in [0.4, 0.5) is 0 Å². The van der Waals surface area contributed by atoms with Gasteiger partial charge in [0.25, 0.3) is 5.91 Å². The van der Waals surface area contributed by atoms with Crippen molar-refractivity contribution in [1.82, 2.24) is 15.1 Å². The van der Waals surface area contributed by atoms with Crippen molar-refractivity contribution >= 4 is 17.7 Å². The SMILES string of the molecule is O=C1CCC(N2Cc3cc(O[C@H]4CCCC[C@@H]4N4CC(c5cccc(O)c5)C4)ccc3C2=O)C(=O)N1. The first-order valence-corrected chi connectivity index (χ1v) is 12.9. The number of carbonyl (C=O) groups is 3. The number of piperidine rings is 1. The molecule has 8 heteroatoms. The van der Waals surface area contributed by atoms with E-state index >= 15 is 0 Å². The molecule has 2 aromatic rings. The lowest BCUT2D eigenvalue weighted by molar-refractivity contribution is -0.136. The third-order valence-electron chi connectivity index (χ3n) is 8.17. The second kappa shape index (κ2) is 9.24. The largest absolute Gasteiger partial charge is 0.508 e. The number of benzene rings is 2. The average molecular weight is 490 g/mol. The molecule has 2 saturated heterocycles. The Balaban J connectivity index is 1.12. The Labute approximate surface area is 210 Å². The number of amides is 3. The third kappa shape index (κ3) is 4.23. The van der Waals surface area contributed by atoms with E-state index in [4.69, 9.17) is 4.74 Å². The van der Waals surface area contributed by atoms with Gasteiger partial charge in [-0.3, -0.25) is 24.6 Å². The first kappa shape index (κ1) is 23.0. The number of aromatic hydroxyl groups is 1. The van der Waals surface area contributed by atoms with Crippen molar-refractivity contribution in [2.45, 2.75) is 69.2 Å². The average Bonchev–Trinajstić information content (AvgIpc) is 3.15. The zero-order valence-electron chi connectivity index (χ0n) is 20.2. The Bertz CT molecular complexity index is 1210. The molecule has 188 valence electrons. The molecule has 3 fully saturated rings. The smallest absolute Gasteiger partial charge is 0.255 e. The van der Waals surface area contributed by atoms with Gasteiger partial charge in [-0.05, 0) is 67.1 Å². The predicted molar refractivity (Wildman–Crippen MR) is 132 cm³/mol. The molecule has 6 rings (SSSR count). The summed E-state index contributed by atoms with van der Waals surface area (Å²) in [5.41, 5.74) is 2.65. The Morgan fingerprint density at radius 2 is 1.81 bits per heavy atom. The molecule has 3 heterocycles. The van der Waals surface area contributed by atoms with E-state index in [9.17, 15) is 19.5 Å². The number of nitrogens with zero attached hydrogens (tertiary/aromatic N) is 2. The molecule has 3 atom stereocenters. The van der Waals surface area contributed by atoms with Gasteiger partial charge < -0.3 is 14.7 Å². The van der Waals surface area contributed by atoms with E-state index in [1.165, 1.54) is 12.0 Å². The van der Waals surface area contributed by atoms with E-state index in [1.807, 2.05) is 24.3 Å². The molecule has 0 spiro atoms. The maximum Gasteiger partial charge on any atom is 0.255 e. The molecule has 8 nitrogen and oxygen atoms in total. The standard InChI is InChI=1S/C28H31N3O5/c32-20-5-3-4-17(12-20)19-14-30(15-19)23-6-1-2-7-25(23)36-21-8-9-22-18(13-21)16-31(28(22)35)24-10-11-26(33)29-27(24)34/h3-5,8-9,12-13,19,23-25,32H,1-2,6-7,10-11,14-16H2,(H,29,33,34)/t23-,24?,25-/m0/s1. The van der Waals surface area contributed by atoms with Gasteiger partial charge in [0.1, 0.15) is 23.6 Å². The Kier molecular flexibility index (Phi) is 5.91. The number of hydrogen-bond donors (Lipinski definition) is 2. The molecule has 2 aromatic carbocycles. The summed E-state index contributed by atoms with van der Waals surface area (Å²) in [5.74, 6) is 0.662. The second-order valence-electron chi connectivity index (χ2n) is 10.5. The molecule has 2 N–H and O–H groups in total. The van der Waals surface area contributed by atoms with Crippen LogP contribution in [-0.2, 0) is 16.1 Å². The molecule has 0 radical (unpaired) electrons. The third-order valence-corrected chi connectivity index (χ3v) is 8.17. The van der Waals surface area contributed by atoms with Crippen molar-refractivity contribution in [2.24, 2.45) is 0 Å². The molecule has 36 heavy (non-hydrogen) atoms. The predicted octanol–water partition coefficient (Wildman–Crippen LogP) is 2.94. The number of fused-ring (bicyclic) bond motifs is 1. The van der Waals surface area contributed by atoms with Crippen LogP contribution in [0.1, 0.15) is 65.9 Å². The van der Waals surface area contributed by atoms with Gasteiger partial charge in [0.05, 0.1) is 0 Å². The number of rotatable bonds is 5. The van der Waals surface area contributed by atoms with Crippen LogP contribution < -0.4 is 10.1 Å². The molecule has 3 amide bonds. The molecule has 0 bridgehead atoms. The molecule has 3 aliphatic heterocycles. The van der Waals surface area contributed by atoms with E-state index < -0.39 is 11.9 Å². The normalized spacial score (nSPS) is 26.9. The van der Waals surface area contributed by atoms with Gasteiger partial charge in [0.15, 0.2) is 0 Å². The maximum absolute atomic E-state index is 13.0. The number of phenols is 1. The van der Waals surface area contributed by atoms with Crippen molar-refractivity contribution in [1.29, 1.82) is 0 Å². The van der Waals surface area contributed by atoms with E-state index in [0.717, 1.165) is 43.7 Å². The molecule has 1 saturated carbocycles. The zero-order chi connectivity index (χ0) is 24.8. The van der Waals surface area contributed by atoms with Crippen LogP contribution in [-0.4, -0.2) is 63.9 Å². The molecule has 4 aliphatic rings. The summed E-state index contributed by atoms with van der Waals surface area (Å²) in [6.07, 6.45) is 5.12. The Morgan fingerprint density at radius 3 is 2.61 bits per heavy atom. The molecular weight excluding hydrogens is 458 g/mol. The van der Waals surface area contributed by atoms with Gasteiger partial charge in [-0.2, -0.15) is 0 Å². The number of likely N-dealkylation sites (tertiary alicyclic amines) is 1. The monoisotopic (exact) mass is 489 g/mol. The number of hydrogen-bond acceptors (Lipinski definition) is 6. The number of imide groups is 1. The van der Waals surface area contributed by atoms with Crippen molar-refractivity contribution < 1.29 is 24.2 Å². The van der Waals surface area contributed by atoms with Crippen LogP contribution in [0.5, 0.6) is 11.5 Å². The summed E-state index contributed by atoms with van der Waals surface area (Å²) in [4.78, 5) is 40.9. The highest BCUT2D eigenvalue weighted by Crippen LogP contribution is 2.37. The van der Waals surface area contributed by atoms with Gasteiger partial charge in [0, 0.05) is 43.6 Å². The zero-order valence-corrected chi connectivity index (χ0v) is 20.2. The highest BCUT2D eigenvalue weighted by atomic mass is 16.5. The van der Waals surface area contributed by atoms with Crippen molar-refractivity contribution in [3.05, 3.63) is 59.2 Å². The van der Waals surface area contributed by atoms with Crippen molar-refractivity contribution in [3.8, 4) is 11.5 Å². The van der Waals surface area contributed by atoms with Gasteiger partial charge in [-0.25, -0.2) is 0 Å². The Hall–Kier alpha value is -3.39. The Morgan fingerprint density at radius 1 is 0.972 bits per heavy atom. The van der Waals surface area contributed by atoms with Crippen LogP contribution in [0, 0.1) is 0 Å². The van der Waals surface area contributed by atoms with Gasteiger partial charge in [-0.15, -0.1) is 0 Å². The molecular formula is C28H31N3O5. The fourth-order valence-electron chi connectivity index (χ4n) is 6.20. The van der Waals surface area contributed by atoms with Crippen molar-refractivity contribution in [2.75, 3.05) is 13.1 Å².